The van der Waals surface area contributed by atoms with Gasteiger partial charge in [0, 0.05) is 0 Å². The van der Waals surface area contributed by atoms with Crippen LogP contribution in [0.2, 0.25) is 0 Å². The minimum absolute atomic E-state index is 0.0569. The predicted octanol–water partition coefficient (Wildman–Crippen LogP) is 3.16. The summed E-state index contributed by atoms with van der Waals surface area (Å²) in [7, 11) is 0. The zero-order chi connectivity index (χ0) is 19.7. The maximum Gasteiger partial charge on any atom is 0.404 e. The number of ether oxygens (including phenoxy) is 2. The Hall–Kier alpha value is -2.57. The Morgan fingerprint density at radius 1 is 1.26 bits per heavy atom. The summed E-state index contributed by atoms with van der Waals surface area (Å²) in [6, 6.07) is 3.75. The van der Waals surface area contributed by atoms with Crippen LogP contribution in [-0.4, -0.2) is 34.9 Å². The number of carboxylic acids is 1. The minimum Gasteiger partial charge on any atom is -0.488 e. The lowest BCUT2D eigenvalue weighted by atomic mass is 9.87. The first-order valence-electron chi connectivity index (χ1n) is 9.22. The summed E-state index contributed by atoms with van der Waals surface area (Å²) in [5, 5.41) is 9.33. The molecule has 7 heteroatoms. The van der Waals surface area contributed by atoms with Crippen molar-refractivity contribution in [2.24, 2.45) is 23.5 Å². The van der Waals surface area contributed by atoms with E-state index in [1.165, 1.54) is 0 Å². The number of aromatic nitrogens is 1. The van der Waals surface area contributed by atoms with Crippen molar-refractivity contribution in [3.05, 3.63) is 29.1 Å². The van der Waals surface area contributed by atoms with Crippen LogP contribution in [0.25, 0.3) is 5.57 Å². The largest absolute Gasteiger partial charge is 0.488 e. The number of primary amides is 1. The van der Waals surface area contributed by atoms with Gasteiger partial charge < -0.3 is 20.3 Å². The average molecular weight is 374 g/mol. The summed E-state index contributed by atoms with van der Waals surface area (Å²) in [5.74, 6) is 0.599. The maximum atomic E-state index is 11.4. The molecule has 3 rings (SSSR count). The van der Waals surface area contributed by atoms with Crippen molar-refractivity contribution in [1.82, 2.24) is 4.98 Å². The fourth-order valence-electron chi connectivity index (χ4n) is 3.80. The predicted molar refractivity (Wildman–Crippen MR) is 99.2 cm³/mol. The highest BCUT2D eigenvalue weighted by Gasteiger charge is 2.51. The Bertz CT molecular complexity index is 789. The lowest BCUT2D eigenvalue weighted by Gasteiger charge is -2.27. The quantitative estimate of drug-likeness (QED) is 0.791. The van der Waals surface area contributed by atoms with Crippen molar-refractivity contribution < 1.29 is 24.2 Å². The first-order chi connectivity index (χ1) is 12.8. The number of carboxylic acid groups (broad SMARTS) is 1. The topological polar surface area (TPSA) is 112 Å². The lowest BCUT2D eigenvalue weighted by molar-refractivity contribution is -0.144. The van der Waals surface area contributed by atoms with Crippen LogP contribution in [0.5, 0.6) is 5.75 Å². The van der Waals surface area contributed by atoms with Crippen LogP contribution < -0.4 is 10.5 Å². The number of allylic oxidation sites excluding steroid dienone is 1. The van der Waals surface area contributed by atoms with E-state index in [1.54, 1.807) is 0 Å². The van der Waals surface area contributed by atoms with Gasteiger partial charge in [-0.1, -0.05) is 0 Å². The van der Waals surface area contributed by atoms with Crippen molar-refractivity contribution >= 4 is 17.6 Å². The molecule has 0 spiro atoms. The van der Waals surface area contributed by atoms with E-state index in [2.05, 4.69) is 4.98 Å². The normalized spacial score (nSPS) is 27.2. The molecule has 4 atom stereocenters. The number of rotatable bonds is 6. The molecular weight excluding hydrogens is 348 g/mol. The van der Waals surface area contributed by atoms with E-state index in [-0.39, 0.29) is 18.6 Å². The summed E-state index contributed by atoms with van der Waals surface area (Å²) >= 11 is 0. The Morgan fingerprint density at radius 3 is 2.63 bits per heavy atom. The number of amides is 1. The van der Waals surface area contributed by atoms with Gasteiger partial charge in [-0.2, -0.15) is 0 Å². The van der Waals surface area contributed by atoms with Crippen molar-refractivity contribution in [3.63, 3.8) is 0 Å². The molecule has 0 saturated heterocycles. The highest BCUT2D eigenvalue weighted by Crippen LogP contribution is 2.52. The summed E-state index contributed by atoms with van der Waals surface area (Å²) in [4.78, 5) is 26.7. The third-order valence-corrected chi connectivity index (χ3v) is 5.68. The molecule has 1 heterocycles. The Kier molecular flexibility index (Phi) is 5.39. The Labute approximate surface area is 158 Å². The van der Waals surface area contributed by atoms with E-state index in [9.17, 15) is 14.7 Å². The second kappa shape index (κ2) is 7.58. The van der Waals surface area contributed by atoms with Gasteiger partial charge in [-0.15, -0.1) is 0 Å². The fraction of sp³-hybridized carbons (Fsp3) is 0.550. The summed E-state index contributed by atoms with van der Waals surface area (Å²) in [6.07, 6.45) is 1.52. The monoisotopic (exact) mass is 374 g/mol. The van der Waals surface area contributed by atoms with Gasteiger partial charge >= 0.3 is 12.1 Å². The molecule has 2 aliphatic rings. The summed E-state index contributed by atoms with van der Waals surface area (Å²) in [5.41, 5.74) is 8.32. The van der Waals surface area contributed by atoms with Crippen LogP contribution in [0.3, 0.4) is 0 Å². The zero-order valence-corrected chi connectivity index (χ0v) is 15.9. The molecule has 0 aliphatic heterocycles. The van der Waals surface area contributed by atoms with Crippen LogP contribution >= 0.6 is 0 Å². The van der Waals surface area contributed by atoms with Crippen molar-refractivity contribution in [3.8, 4) is 5.75 Å². The molecule has 1 aromatic heterocycles. The molecule has 146 valence electrons. The molecule has 0 unspecified atom stereocenters. The maximum absolute atomic E-state index is 11.4. The van der Waals surface area contributed by atoms with E-state index in [1.807, 2.05) is 32.9 Å². The van der Waals surface area contributed by atoms with Gasteiger partial charge in [0.1, 0.15) is 18.5 Å². The number of carbonyl (C=O) groups is 2. The number of hydrogen-bond donors (Lipinski definition) is 2. The van der Waals surface area contributed by atoms with Crippen LogP contribution in [-0.2, 0) is 9.53 Å². The third kappa shape index (κ3) is 4.40. The van der Waals surface area contributed by atoms with Gasteiger partial charge in [0.15, 0.2) is 0 Å². The van der Waals surface area contributed by atoms with E-state index < -0.39 is 12.1 Å². The van der Waals surface area contributed by atoms with Crippen molar-refractivity contribution in [1.29, 1.82) is 0 Å². The second-order valence-corrected chi connectivity index (χ2v) is 7.62. The van der Waals surface area contributed by atoms with E-state index in [0.29, 0.717) is 24.0 Å². The summed E-state index contributed by atoms with van der Waals surface area (Å²) in [6.45, 7) is 5.78. The van der Waals surface area contributed by atoms with Gasteiger partial charge in [-0.05, 0) is 75.1 Å². The van der Waals surface area contributed by atoms with Gasteiger partial charge in [-0.25, -0.2) is 9.78 Å². The van der Waals surface area contributed by atoms with Crippen molar-refractivity contribution in [2.75, 3.05) is 6.61 Å². The molecule has 1 aromatic rings. The number of hydrogen-bond acceptors (Lipinski definition) is 5. The first-order valence-corrected chi connectivity index (χ1v) is 9.22. The molecule has 2 fully saturated rings. The molecule has 3 N–H and O–H groups in total. The van der Waals surface area contributed by atoms with E-state index in [4.69, 9.17) is 15.2 Å². The van der Waals surface area contributed by atoms with Crippen molar-refractivity contribution in [2.45, 2.75) is 46.1 Å². The first kappa shape index (κ1) is 19.2. The van der Waals surface area contributed by atoms with Crippen LogP contribution in [0.15, 0.2) is 17.7 Å². The smallest absolute Gasteiger partial charge is 0.404 e. The second-order valence-electron chi connectivity index (χ2n) is 7.62. The number of fused-ring (bicyclic) bond motifs is 1. The molecule has 1 amide bonds. The number of nitrogens with zero attached hydrogens (tertiary/aromatic N) is 1. The number of nitrogens with two attached hydrogens (primary N) is 1. The third-order valence-electron chi connectivity index (χ3n) is 5.68. The fourth-order valence-corrected chi connectivity index (χ4v) is 3.80. The molecule has 7 nitrogen and oxygen atoms in total. The Balaban J connectivity index is 1.71. The van der Waals surface area contributed by atoms with E-state index >= 15 is 0 Å². The standard InChI is InChI=1S/C20H26N2O5/c1-10(9-26-20(21)25)11(2)16-4-5-17(12(3)22-16)27-18-8-14(19(23)24)6-13-7-15(13)18/h4-5,13-15,18H,6-9H2,1-3H3,(H2,21,25)(H,23,24)/b11-10-/t13-,14-,15+,18-/m1/s1. The molecule has 2 aliphatic carbocycles. The van der Waals surface area contributed by atoms with Crippen LogP contribution in [0.1, 0.15) is 44.5 Å². The number of aryl methyl sites for hydroxylation is 1. The SMILES string of the molecule is C/C(COC(N)=O)=C(\C)c1ccc(O[C@@H]2C[C@H](C(=O)O)C[C@@H]3C[C@@H]32)c(C)n1. The van der Waals surface area contributed by atoms with E-state index in [0.717, 1.165) is 35.4 Å². The highest BCUT2D eigenvalue weighted by molar-refractivity contribution is 5.70. The highest BCUT2D eigenvalue weighted by atomic mass is 16.5. The number of carbonyl (C=O) groups excluding carboxylic acids is 1. The molecular formula is C20H26N2O5. The summed E-state index contributed by atoms with van der Waals surface area (Å²) < 4.78 is 11.0. The lowest BCUT2D eigenvalue weighted by Crippen LogP contribution is -2.32. The van der Waals surface area contributed by atoms with Crippen LogP contribution in [0.4, 0.5) is 4.79 Å². The number of pyridine rings is 1. The molecule has 0 radical (unpaired) electrons. The zero-order valence-electron chi connectivity index (χ0n) is 15.9. The van der Waals surface area contributed by atoms with Gasteiger partial charge in [0.25, 0.3) is 0 Å². The minimum atomic E-state index is -0.805. The van der Waals surface area contributed by atoms with Gasteiger partial charge in [-0.3, -0.25) is 4.79 Å². The molecule has 27 heavy (non-hydrogen) atoms. The van der Waals surface area contributed by atoms with Gasteiger partial charge in [0.05, 0.1) is 17.3 Å². The van der Waals surface area contributed by atoms with Gasteiger partial charge in [0.2, 0.25) is 0 Å². The molecule has 2 saturated carbocycles. The van der Waals surface area contributed by atoms with Crippen LogP contribution in [0, 0.1) is 24.7 Å². The Morgan fingerprint density at radius 2 is 2.00 bits per heavy atom. The number of aliphatic carboxylic acids is 1. The molecule has 0 aromatic carbocycles. The average Bonchev–Trinajstić information content (AvgIpc) is 3.40. The molecule has 0 bridgehead atoms.